The van der Waals surface area contributed by atoms with Crippen LogP contribution in [0, 0.1) is 6.92 Å². The molecule has 1 heterocycles. The molecule has 0 radical (unpaired) electrons. The fourth-order valence-corrected chi connectivity index (χ4v) is 3.43. The zero-order valence-electron chi connectivity index (χ0n) is 11.9. The molecule has 3 rings (SSSR count). The van der Waals surface area contributed by atoms with Crippen LogP contribution in [0.15, 0.2) is 30.3 Å². The molecule has 1 aliphatic carbocycles. The predicted octanol–water partition coefficient (Wildman–Crippen LogP) is 3.23. The molecule has 3 heteroatoms. The van der Waals surface area contributed by atoms with E-state index >= 15 is 0 Å². The van der Waals surface area contributed by atoms with Crippen molar-refractivity contribution in [2.45, 2.75) is 44.4 Å². The summed E-state index contributed by atoms with van der Waals surface area (Å²) in [5.74, 6) is -0.201. The summed E-state index contributed by atoms with van der Waals surface area (Å²) in [6, 6.07) is 10.2. The fourth-order valence-electron chi connectivity index (χ4n) is 3.43. The van der Waals surface area contributed by atoms with Crippen LogP contribution in [0.2, 0.25) is 0 Å². The average Bonchev–Trinajstić information content (AvgIpc) is 2.47. The lowest BCUT2D eigenvalue weighted by Gasteiger charge is -2.35. The Morgan fingerprint density at radius 2 is 1.90 bits per heavy atom. The first kappa shape index (κ1) is 13.1. The standard InChI is InChI=1S/C17H20N2O/c1-12-8-9-13-6-5-7-14(15(13)19-12)17(16(18)20)10-3-2-4-11-17/h5-9H,2-4,10-11H2,1H3,(H2,18,20). The molecule has 0 unspecified atom stereocenters. The number of aromatic nitrogens is 1. The Hall–Kier alpha value is -1.90. The predicted molar refractivity (Wildman–Crippen MR) is 80.4 cm³/mol. The van der Waals surface area contributed by atoms with Gasteiger partial charge >= 0.3 is 0 Å². The van der Waals surface area contributed by atoms with Crippen LogP contribution in [0.25, 0.3) is 10.9 Å². The number of pyridine rings is 1. The summed E-state index contributed by atoms with van der Waals surface area (Å²) in [5.41, 5.74) is 8.20. The molecule has 2 N–H and O–H groups in total. The molecule has 1 saturated carbocycles. The zero-order valence-corrected chi connectivity index (χ0v) is 11.9. The first-order valence-corrected chi connectivity index (χ1v) is 7.30. The maximum absolute atomic E-state index is 12.2. The molecular formula is C17H20N2O. The van der Waals surface area contributed by atoms with Crippen molar-refractivity contribution in [2.24, 2.45) is 5.73 Å². The second-order valence-electron chi connectivity index (χ2n) is 5.84. The van der Waals surface area contributed by atoms with Gasteiger partial charge in [0, 0.05) is 11.1 Å². The molecule has 1 aromatic heterocycles. The first-order chi connectivity index (χ1) is 9.63. The van der Waals surface area contributed by atoms with Crippen LogP contribution in [0.4, 0.5) is 0 Å². The molecule has 2 aromatic rings. The van der Waals surface area contributed by atoms with Crippen LogP contribution in [-0.4, -0.2) is 10.9 Å². The summed E-state index contributed by atoms with van der Waals surface area (Å²) in [5, 5.41) is 1.08. The number of carbonyl (C=O) groups is 1. The highest BCUT2D eigenvalue weighted by Gasteiger charge is 2.40. The SMILES string of the molecule is Cc1ccc2cccc(C3(C(N)=O)CCCCC3)c2n1. The molecule has 1 aliphatic rings. The summed E-state index contributed by atoms with van der Waals surface area (Å²) < 4.78 is 0. The number of primary amides is 1. The molecule has 20 heavy (non-hydrogen) atoms. The third kappa shape index (κ3) is 1.98. The highest BCUT2D eigenvalue weighted by Crippen LogP contribution is 2.41. The Bertz CT molecular complexity index is 657. The number of benzene rings is 1. The smallest absolute Gasteiger partial charge is 0.228 e. The number of nitrogens with zero attached hydrogens (tertiary/aromatic N) is 1. The summed E-state index contributed by atoms with van der Waals surface area (Å²) in [4.78, 5) is 16.9. The summed E-state index contributed by atoms with van der Waals surface area (Å²) in [7, 11) is 0. The Morgan fingerprint density at radius 1 is 1.15 bits per heavy atom. The molecule has 0 aliphatic heterocycles. The van der Waals surface area contributed by atoms with Crippen molar-refractivity contribution >= 4 is 16.8 Å². The van der Waals surface area contributed by atoms with Gasteiger partial charge in [-0.05, 0) is 31.4 Å². The van der Waals surface area contributed by atoms with Gasteiger partial charge in [-0.1, -0.05) is 43.5 Å². The van der Waals surface area contributed by atoms with Crippen molar-refractivity contribution in [3.63, 3.8) is 0 Å². The maximum atomic E-state index is 12.2. The van der Waals surface area contributed by atoms with Crippen LogP contribution >= 0.6 is 0 Å². The summed E-state index contributed by atoms with van der Waals surface area (Å²) in [6.07, 6.45) is 5.00. The molecule has 104 valence electrons. The van der Waals surface area contributed by atoms with E-state index in [9.17, 15) is 4.79 Å². The summed E-state index contributed by atoms with van der Waals surface area (Å²) >= 11 is 0. The van der Waals surface area contributed by atoms with Gasteiger partial charge in [-0.15, -0.1) is 0 Å². The largest absolute Gasteiger partial charge is 0.369 e. The van der Waals surface area contributed by atoms with Crippen LogP contribution in [0.5, 0.6) is 0 Å². The number of aryl methyl sites for hydroxylation is 1. The fraction of sp³-hybridized carbons (Fsp3) is 0.412. The van der Waals surface area contributed by atoms with Crippen molar-refractivity contribution in [1.82, 2.24) is 4.98 Å². The normalized spacial score (nSPS) is 18.1. The van der Waals surface area contributed by atoms with Gasteiger partial charge in [0.2, 0.25) is 5.91 Å². The number of fused-ring (bicyclic) bond motifs is 1. The Kier molecular flexibility index (Phi) is 3.20. The van der Waals surface area contributed by atoms with Gasteiger partial charge in [-0.25, -0.2) is 0 Å². The Morgan fingerprint density at radius 3 is 2.60 bits per heavy atom. The number of para-hydroxylation sites is 1. The molecule has 1 amide bonds. The van der Waals surface area contributed by atoms with Crippen molar-refractivity contribution < 1.29 is 4.79 Å². The maximum Gasteiger partial charge on any atom is 0.228 e. The highest BCUT2D eigenvalue weighted by atomic mass is 16.1. The van der Waals surface area contributed by atoms with E-state index < -0.39 is 5.41 Å². The monoisotopic (exact) mass is 268 g/mol. The van der Waals surface area contributed by atoms with Crippen molar-refractivity contribution in [1.29, 1.82) is 0 Å². The van der Waals surface area contributed by atoms with Crippen LogP contribution in [-0.2, 0) is 10.2 Å². The highest BCUT2D eigenvalue weighted by molar-refractivity contribution is 5.93. The number of hydrogen-bond acceptors (Lipinski definition) is 2. The lowest BCUT2D eigenvalue weighted by atomic mass is 9.68. The minimum absolute atomic E-state index is 0.201. The number of amides is 1. The third-order valence-corrected chi connectivity index (χ3v) is 4.55. The van der Waals surface area contributed by atoms with Gasteiger partial charge in [-0.3, -0.25) is 9.78 Å². The molecular weight excluding hydrogens is 248 g/mol. The van der Waals surface area contributed by atoms with Gasteiger partial charge < -0.3 is 5.73 Å². The first-order valence-electron chi connectivity index (χ1n) is 7.30. The second kappa shape index (κ2) is 4.89. The molecule has 0 atom stereocenters. The van der Waals surface area contributed by atoms with E-state index in [0.29, 0.717) is 0 Å². The van der Waals surface area contributed by atoms with Crippen LogP contribution in [0.1, 0.15) is 43.4 Å². The van der Waals surface area contributed by atoms with E-state index in [1.165, 1.54) is 6.42 Å². The van der Waals surface area contributed by atoms with E-state index in [1.54, 1.807) is 0 Å². The quantitative estimate of drug-likeness (QED) is 0.909. The van der Waals surface area contributed by atoms with Gasteiger partial charge in [0.25, 0.3) is 0 Å². The van der Waals surface area contributed by atoms with E-state index in [2.05, 4.69) is 11.1 Å². The zero-order chi connectivity index (χ0) is 14.2. The lowest BCUT2D eigenvalue weighted by molar-refractivity contribution is -0.124. The van der Waals surface area contributed by atoms with Gasteiger partial charge in [0.05, 0.1) is 10.9 Å². The third-order valence-electron chi connectivity index (χ3n) is 4.55. The topological polar surface area (TPSA) is 56.0 Å². The van der Waals surface area contributed by atoms with Crippen molar-refractivity contribution in [3.8, 4) is 0 Å². The number of rotatable bonds is 2. The van der Waals surface area contributed by atoms with Crippen LogP contribution in [0.3, 0.4) is 0 Å². The van der Waals surface area contributed by atoms with E-state index in [-0.39, 0.29) is 5.91 Å². The summed E-state index contributed by atoms with van der Waals surface area (Å²) in [6.45, 7) is 1.98. The van der Waals surface area contributed by atoms with Gasteiger partial charge in [-0.2, -0.15) is 0 Å². The van der Waals surface area contributed by atoms with Gasteiger partial charge in [0.15, 0.2) is 0 Å². The lowest BCUT2D eigenvalue weighted by Crippen LogP contribution is -2.43. The van der Waals surface area contributed by atoms with E-state index in [4.69, 9.17) is 5.73 Å². The minimum atomic E-state index is -0.529. The number of hydrogen-bond donors (Lipinski definition) is 1. The molecule has 3 nitrogen and oxygen atoms in total. The van der Waals surface area contributed by atoms with Crippen molar-refractivity contribution in [2.75, 3.05) is 0 Å². The minimum Gasteiger partial charge on any atom is -0.369 e. The average molecular weight is 268 g/mol. The van der Waals surface area contributed by atoms with E-state index in [1.807, 2.05) is 31.2 Å². The molecule has 0 bridgehead atoms. The van der Waals surface area contributed by atoms with E-state index in [0.717, 1.165) is 47.8 Å². The van der Waals surface area contributed by atoms with Crippen molar-refractivity contribution in [3.05, 3.63) is 41.6 Å². The number of nitrogens with two attached hydrogens (primary N) is 1. The van der Waals surface area contributed by atoms with Gasteiger partial charge in [0.1, 0.15) is 0 Å². The molecule has 0 saturated heterocycles. The number of carbonyl (C=O) groups excluding carboxylic acids is 1. The molecule has 1 aromatic carbocycles. The van der Waals surface area contributed by atoms with Crippen LogP contribution < -0.4 is 5.73 Å². The Labute approximate surface area is 119 Å². The second-order valence-corrected chi connectivity index (χ2v) is 5.84. The molecule has 1 fully saturated rings. The Balaban J connectivity index is 2.25. The molecule has 0 spiro atoms.